The first kappa shape index (κ1) is 14.8. The van der Waals surface area contributed by atoms with Crippen LogP contribution in [-0.4, -0.2) is 29.4 Å². The Balaban J connectivity index is 2.06. The maximum atomic E-state index is 12.8. The molecule has 5 atom stereocenters. The fraction of sp³-hybridized carbons (Fsp3) is 0.938. The van der Waals surface area contributed by atoms with Gasteiger partial charge in [-0.3, -0.25) is 4.79 Å². The van der Waals surface area contributed by atoms with E-state index < -0.39 is 0 Å². The molecular weight excluding hydrogens is 236 g/mol. The molecule has 5 unspecified atom stereocenters. The molecule has 1 heterocycles. The molecule has 1 amide bonds. The highest BCUT2D eigenvalue weighted by Crippen LogP contribution is 2.36. The zero-order chi connectivity index (χ0) is 14.2. The maximum absolute atomic E-state index is 12.8. The summed E-state index contributed by atoms with van der Waals surface area (Å²) in [6, 6.07) is 0.653. The van der Waals surface area contributed by atoms with E-state index in [2.05, 4.69) is 32.6 Å². The van der Waals surface area contributed by atoms with Crippen LogP contribution in [0.1, 0.15) is 53.4 Å². The van der Waals surface area contributed by atoms with E-state index in [1.807, 2.05) is 0 Å². The fourth-order valence-electron chi connectivity index (χ4n) is 4.00. The molecule has 3 nitrogen and oxygen atoms in total. The lowest BCUT2D eigenvalue weighted by molar-refractivity contribution is -0.140. The van der Waals surface area contributed by atoms with Gasteiger partial charge in [-0.2, -0.15) is 0 Å². The van der Waals surface area contributed by atoms with Crippen molar-refractivity contribution < 1.29 is 4.79 Å². The molecule has 2 fully saturated rings. The van der Waals surface area contributed by atoms with Crippen LogP contribution >= 0.6 is 0 Å². The van der Waals surface area contributed by atoms with Crippen LogP contribution in [0.15, 0.2) is 0 Å². The van der Waals surface area contributed by atoms with E-state index in [4.69, 9.17) is 5.73 Å². The first-order chi connectivity index (χ1) is 8.91. The average molecular weight is 266 g/mol. The lowest BCUT2D eigenvalue weighted by Crippen LogP contribution is -2.48. The Morgan fingerprint density at radius 1 is 1.21 bits per heavy atom. The van der Waals surface area contributed by atoms with Gasteiger partial charge in [0.25, 0.3) is 0 Å². The van der Waals surface area contributed by atoms with Gasteiger partial charge in [0.1, 0.15) is 0 Å². The zero-order valence-corrected chi connectivity index (χ0v) is 12.9. The number of nitrogens with zero attached hydrogens (tertiary/aromatic N) is 1. The summed E-state index contributed by atoms with van der Waals surface area (Å²) in [5.41, 5.74) is 6.19. The van der Waals surface area contributed by atoms with Crippen molar-refractivity contribution in [3.05, 3.63) is 0 Å². The number of amides is 1. The van der Waals surface area contributed by atoms with E-state index in [1.54, 1.807) is 0 Å². The van der Waals surface area contributed by atoms with E-state index in [0.29, 0.717) is 29.7 Å². The fourth-order valence-corrected chi connectivity index (χ4v) is 4.00. The van der Waals surface area contributed by atoms with E-state index in [0.717, 1.165) is 25.8 Å². The molecule has 0 radical (unpaired) electrons. The third kappa shape index (κ3) is 2.96. The summed E-state index contributed by atoms with van der Waals surface area (Å²) in [6.07, 6.45) is 4.31. The minimum absolute atomic E-state index is 0.158. The van der Waals surface area contributed by atoms with Crippen molar-refractivity contribution in [1.29, 1.82) is 0 Å². The lowest BCUT2D eigenvalue weighted by Gasteiger charge is -2.39. The Labute approximate surface area is 117 Å². The number of carbonyl (C=O) groups is 1. The largest absolute Gasteiger partial charge is 0.339 e. The van der Waals surface area contributed by atoms with Gasteiger partial charge in [0.2, 0.25) is 5.91 Å². The minimum Gasteiger partial charge on any atom is -0.339 e. The highest BCUT2D eigenvalue weighted by atomic mass is 16.2. The summed E-state index contributed by atoms with van der Waals surface area (Å²) in [6.45, 7) is 9.86. The molecule has 0 aromatic heterocycles. The standard InChI is InChI=1S/C16H30N2O/c1-10(2)15-6-5-7-18(15)16(19)13-9-14(17)12(4)8-11(13)3/h10-15H,5-9,17H2,1-4H3. The van der Waals surface area contributed by atoms with Gasteiger partial charge in [-0.1, -0.05) is 27.7 Å². The van der Waals surface area contributed by atoms with Crippen LogP contribution in [0.25, 0.3) is 0 Å². The summed E-state index contributed by atoms with van der Waals surface area (Å²) in [4.78, 5) is 15.0. The number of likely N-dealkylation sites (tertiary alicyclic amines) is 1. The highest BCUT2D eigenvalue weighted by molar-refractivity contribution is 5.80. The van der Waals surface area contributed by atoms with E-state index in [9.17, 15) is 4.79 Å². The highest BCUT2D eigenvalue weighted by Gasteiger charge is 2.40. The van der Waals surface area contributed by atoms with E-state index in [1.165, 1.54) is 6.42 Å². The molecule has 2 rings (SSSR count). The van der Waals surface area contributed by atoms with Gasteiger partial charge in [0, 0.05) is 24.5 Å². The summed E-state index contributed by atoms with van der Waals surface area (Å²) >= 11 is 0. The van der Waals surface area contributed by atoms with Crippen molar-refractivity contribution >= 4 is 5.91 Å². The number of hydrogen-bond donors (Lipinski definition) is 1. The van der Waals surface area contributed by atoms with Crippen molar-refractivity contribution in [2.45, 2.75) is 65.5 Å². The molecule has 110 valence electrons. The maximum Gasteiger partial charge on any atom is 0.226 e. The Hall–Kier alpha value is -0.570. The molecular formula is C16H30N2O. The molecule has 19 heavy (non-hydrogen) atoms. The van der Waals surface area contributed by atoms with Crippen LogP contribution in [0.5, 0.6) is 0 Å². The Morgan fingerprint density at radius 2 is 1.89 bits per heavy atom. The summed E-state index contributed by atoms with van der Waals surface area (Å²) < 4.78 is 0. The second-order valence-electron chi connectivity index (χ2n) is 7.18. The van der Waals surface area contributed by atoms with Crippen molar-refractivity contribution in [1.82, 2.24) is 4.90 Å². The predicted octanol–water partition coefficient (Wildman–Crippen LogP) is 2.64. The first-order valence-corrected chi connectivity index (χ1v) is 7.97. The molecule has 1 aliphatic carbocycles. The molecule has 0 spiro atoms. The molecule has 0 aromatic rings. The summed E-state index contributed by atoms with van der Waals surface area (Å²) in [5.74, 6) is 2.14. The quantitative estimate of drug-likeness (QED) is 0.835. The smallest absolute Gasteiger partial charge is 0.226 e. The molecule has 3 heteroatoms. The molecule has 2 aliphatic rings. The predicted molar refractivity (Wildman–Crippen MR) is 78.6 cm³/mol. The normalized spacial score (nSPS) is 39.9. The number of nitrogens with two attached hydrogens (primary N) is 1. The van der Waals surface area contributed by atoms with Crippen LogP contribution in [0.4, 0.5) is 0 Å². The van der Waals surface area contributed by atoms with Crippen molar-refractivity contribution in [2.75, 3.05) is 6.54 Å². The number of carbonyl (C=O) groups excluding carboxylic acids is 1. The van der Waals surface area contributed by atoms with Crippen molar-refractivity contribution in [2.24, 2.45) is 29.4 Å². The van der Waals surface area contributed by atoms with Crippen LogP contribution in [0.3, 0.4) is 0 Å². The number of hydrogen-bond acceptors (Lipinski definition) is 2. The van der Waals surface area contributed by atoms with Crippen LogP contribution in [0.2, 0.25) is 0 Å². The van der Waals surface area contributed by atoms with Gasteiger partial charge in [-0.05, 0) is 43.4 Å². The minimum atomic E-state index is 0.158. The van der Waals surface area contributed by atoms with Crippen molar-refractivity contribution in [3.63, 3.8) is 0 Å². The molecule has 0 bridgehead atoms. The van der Waals surface area contributed by atoms with E-state index >= 15 is 0 Å². The molecule has 0 aromatic carbocycles. The Kier molecular flexibility index (Phi) is 4.54. The van der Waals surface area contributed by atoms with Crippen LogP contribution in [-0.2, 0) is 4.79 Å². The SMILES string of the molecule is CC(C)C1CCCN1C(=O)C1CC(N)C(C)CC1C. The second kappa shape index (κ2) is 5.82. The van der Waals surface area contributed by atoms with Gasteiger partial charge in [0.05, 0.1) is 0 Å². The van der Waals surface area contributed by atoms with Gasteiger partial charge < -0.3 is 10.6 Å². The summed E-state index contributed by atoms with van der Waals surface area (Å²) in [7, 11) is 0. The topological polar surface area (TPSA) is 46.3 Å². The number of rotatable bonds is 2. The monoisotopic (exact) mass is 266 g/mol. The molecule has 2 N–H and O–H groups in total. The first-order valence-electron chi connectivity index (χ1n) is 7.97. The van der Waals surface area contributed by atoms with Crippen LogP contribution in [0, 0.1) is 23.7 Å². The molecule has 1 saturated heterocycles. The molecule has 1 aliphatic heterocycles. The summed E-state index contributed by atoms with van der Waals surface area (Å²) in [5, 5.41) is 0. The van der Waals surface area contributed by atoms with Gasteiger partial charge in [0.15, 0.2) is 0 Å². The van der Waals surface area contributed by atoms with Gasteiger partial charge >= 0.3 is 0 Å². The van der Waals surface area contributed by atoms with E-state index in [-0.39, 0.29) is 12.0 Å². The van der Waals surface area contributed by atoms with Gasteiger partial charge in [-0.15, -0.1) is 0 Å². The third-order valence-corrected chi connectivity index (χ3v) is 5.36. The average Bonchev–Trinajstić information content (AvgIpc) is 2.82. The second-order valence-corrected chi connectivity index (χ2v) is 7.18. The zero-order valence-electron chi connectivity index (χ0n) is 12.9. The third-order valence-electron chi connectivity index (χ3n) is 5.36. The Bertz CT molecular complexity index is 329. The lowest BCUT2D eigenvalue weighted by atomic mass is 9.72. The van der Waals surface area contributed by atoms with Crippen molar-refractivity contribution in [3.8, 4) is 0 Å². The molecule has 1 saturated carbocycles. The van der Waals surface area contributed by atoms with Gasteiger partial charge in [-0.25, -0.2) is 0 Å². The Morgan fingerprint density at radius 3 is 2.53 bits per heavy atom. The van der Waals surface area contributed by atoms with Crippen LogP contribution < -0.4 is 5.73 Å².